The molecule has 0 heterocycles. The standard InChI is InChI=1S/C11H14F3NO/c12-11(13,14)10-4-2-1-3-9(10)5-7-16-8-6-15/h1-4H,5-8,15H2. The minimum absolute atomic E-state index is 0.246. The predicted molar refractivity (Wildman–Crippen MR) is 55.0 cm³/mol. The van der Waals surface area contributed by atoms with Gasteiger partial charge in [-0.25, -0.2) is 0 Å². The summed E-state index contributed by atoms with van der Waals surface area (Å²) in [6.07, 6.45) is -4.06. The predicted octanol–water partition coefficient (Wildman–Crippen LogP) is 2.22. The van der Waals surface area contributed by atoms with Crippen molar-refractivity contribution in [3.05, 3.63) is 35.4 Å². The van der Waals surface area contributed by atoms with E-state index in [9.17, 15) is 13.2 Å². The van der Waals surface area contributed by atoms with Crippen LogP contribution in [0.3, 0.4) is 0 Å². The molecule has 0 aliphatic rings. The lowest BCUT2D eigenvalue weighted by molar-refractivity contribution is -0.138. The zero-order valence-electron chi connectivity index (χ0n) is 8.76. The van der Waals surface area contributed by atoms with E-state index >= 15 is 0 Å². The Hall–Kier alpha value is -1.07. The van der Waals surface area contributed by atoms with Gasteiger partial charge < -0.3 is 10.5 Å². The van der Waals surface area contributed by atoms with Gasteiger partial charge in [-0.05, 0) is 18.1 Å². The lowest BCUT2D eigenvalue weighted by Crippen LogP contribution is -2.13. The van der Waals surface area contributed by atoms with Gasteiger partial charge in [-0.3, -0.25) is 0 Å². The molecule has 0 aromatic heterocycles. The van der Waals surface area contributed by atoms with Crippen molar-refractivity contribution < 1.29 is 17.9 Å². The summed E-state index contributed by atoms with van der Waals surface area (Å²) < 4.78 is 42.8. The number of ether oxygens (including phenoxy) is 1. The Morgan fingerprint density at radius 3 is 2.44 bits per heavy atom. The molecular formula is C11H14F3NO. The lowest BCUT2D eigenvalue weighted by Gasteiger charge is -2.12. The topological polar surface area (TPSA) is 35.2 Å². The number of nitrogens with two attached hydrogens (primary N) is 1. The summed E-state index contributed by atoms with van der Waals surface area (Å²) in [6.45, 7) is 0.999. The van der Waals surface area contributed by atoms with E-state index < -0.39 is 11.7 Å². The molecule has 16 heavy (non-hydrogen) atoms. The van der Waals surface area contributed by atoms with E-state index in [4.69, 9.17) is 10.5 Å². The SMILES string of the molecule is NCCOCCc1ccccc1C(F)(F)F. The molecule has 0 saturated carbocycles. The van der Waals surface area contributed by atoms with E-state index in [-0.39, 0.29) is 18.6 Å². The van der Waals surface area contributed by atoms with E-state index in [0.29, 0.717) is 13.2 Å². The van der Waals surface area contributed by atoms with Crippen LogP contribution in [0.1, 0.15) is 11.1 Å². The van der Waals surface area contributed by atoms with Crippen molar-refractivity contribution in [3.63, 3.8) is 0 Å². The molecule has 0 atom stereocenters. The van der Waals surface area contributed by atoms with E-state index in [1.54, 1.807) is 6.07 Å². The van der Waals surface area contributed by atoms with Crippen molar-refractivity contribution in [1.82, 2.24) is 0 Å². The van der Waals surface area contributed by atoms with Crippen molar-refractivity contribution in [2.75, 3.05) is 19.8 Å². The van der Waals surface area contributed by atoms with Crippen LogP contribution >= 0.6 is 0 Å². The van der Waals surface area contributed by atoms with Gasteiger partial charge in [0.25, 0.3) is 0 Å². The van der Waals surface area contributed by atoms with Crippen LogP contribution in [-0.2, 0) is 17.3 Å². The molecule has 0 fully saturated rings. The average Bonchev–Trinajstić information content (AvgIpc) is 2.24. The van der Waals surface area contributed by atoms with E-state index in [1.807, 2.05) is 0 Å². The maximum Gasteiger partial charge on any atom is 0.416 e. The monoisotopic (exact) mass is 233 g/mol. The van der Waals surface area contributed by atoms with Crippen LogP contribution in [-0.4, -0.2) is 19.8 Å². The molecule has 0 radical (unpaired) electrons. The summed E-state index contributed by atoms with van der Waals surface area (Å²) in [6, 6.07) is 5.52. The molecule has 0 spiro atoms. The fourth-order valence-corrected chi connectivity index (χ4v) is 1.38. The van der Waals surface area contributed by atoms with Crippen LogP contribution in [0.4, 0.5) is 13.2 Å². The third kappa shape index (κ3) is 3.83. The fraction of sp³-hybridized carbons (Fsp3) is 0.455. The van der Waals surface area contributed by atoms with Crippen molar-refractivity contribution in [2.45, 2.75) is 12.6 Å². The summed E-state index contributed by atoms with van der Waals surface area (Å²) in [7, 11) is 0. The summed E-state index contributed by atoms with van der Waals surface area (Å²) >= 11 is 0. The van der Waals surface area contributed by atoms with Crippen molar-refractivity contribution in [3.8, 4) is 0 Å². The van der Waals surface area contributed by atoms with Gasteiger partial charge in [0.1, 0.15) is 0 Å². The van der Waals surface area contributed by atoms with Crippen LogP contribution in [0.25, 0.3) is 0 Å². The van der Waals surface area contributed by atoms with Crippen LogP contribution in [0.5, 0.6) is 0 Å². The molecule has 0 aliphatic heterocycles. The molecule has 0 unspecified atom stereocenters. The molecule has 5 heteroatoms. The quantitative estimate of drug-likeness (QED) is 0.791. The van der Waals surface area contributed by atoms with E-state index in [0.717, 1.165) is 6.07 Å². The Kier molecular flexibility index (Phi) is 4.76. The van der Waals surface area contributed by atoms with Crippen LogP contribution in [0.2, 0.25) is 0 Å². The molecule has 1 rings (SSSR count). The largest absolute Gasteiger partial charge is 0.416 e. The van der Waals surface area contributed by atoms with Crippen LogP contribution in [0.15, 0.2) is 24.3 Å². The first-order valence-corrected chi connectivity index (χ1v) is 4.98. The maximum absolute atomic E-state index is 12.6. The summed E-state index contributed by atoms with van der Waals surface area (Å²) in [5.74, 6) is 0. The number of benzene rings is 1. The third-order valence-electron chi connectivity index (χ3n) is 2.10. The maximum atomic E-state index is 12.6. The Morgan fingerprint density at radius 1 is 1.12 bits per heavy atom. The molecule has 0 aliphatic carbocycles. The van der Waals surface area contributed by atoms with Crippen LogP contribution < -0.4 is 5.73 Å². The summed E-state index contributed by atoms with van der Waals surface area (Å²) in [5, 5.41) is 0. The molecule has 90 valence electrons. The third-order valence-corrected chi connectivity index (χ3v) is 2.10. The van der Waals surface area contributed by atoms with Crippen molar-refractivity contribution >= 4 is 0 Å². The van der Waals surface area contributed by atoms with Gasteiger partial charge in [-0.2, -0.15) is 13.2 Å². The Labute approximate surface area is 92.2 Å². The minimum Gasteiger partial charge on any atom is -0.380 e. The number of rotatable bonds is 5. The minimum atomic E-state index is -4.30. The first kappa shape index (κ1) is 13.0. The molecule has 1 aromatic carbocycles. The molecule has 1 aromatic rings. The van der Waals surface area contributed by atoms with E-state index in [2.05, 4.69) is 0 Å². The Bertz CT molecular complexity index is 325. The first-order valence-electron chi connectivity index (χ1n) is 4.98. The second-order valence-corrected chi connectivity index (χ2v) is 3.31. The summed E-state index contributed by atoms with van der Waals surface area (Å²) in [5.41, 5.74) is 4.87. The number of hydrogen-bond acceptors (Lipinski definition) is 2. The van der Waals surface area contributed by atoms with Gasteiger partial charge >= 0.3 is 6.18 Å². The molecular weight excluding hydrogens is 219 g/mol. The molecule has 2 nitrogen and oxygen atoms in total. The fourth-order valence-electron chi connectivity index (χ4n) is 1.38. The molecule has 0 bridgehead atoms. The lowest BCUT2D eigenvalue weighted by atomic mass is 10.0. The molecule has 2 N–H and O–H groups in total. The number of alkyl halides is 3. The van der Waals surface area contributed by atoms with Crippen molar-refractivity contribution in [1.29, 1.82) is 0 Å². The zero-order chi connectivity index (χ0) is 12.0. The van der Waals surface area contributed by atoms with Gasteiger partial charge in [0, 0.05) is 6.54 Å². The summed E-state index contributed by atoms with van der Waals surface area (Å²) in [4.78, 5) is 0. The van der Waals surface area contributed by atoms with Gasteiger partial charge in [-0.15, -0.1) is 0 Å². The second-order valence-electron chi connectivity index (χ2n) is 3.31. The first-order chi connectivity index (χ1) is 7.55. The Morgan fingerprint density at radius 2 is 1.81 bits per heavy atom. The second kappa shape index (κ2) is 5.86. The number of hydrogen-bond donors (Lipinski definition) is 1. The Balaban J connectivity index is 2.65. The van der Waals surface area contributed by atoms with Gasteiger partial charge in [0.15, 0.2) is 0 Å². The van der Waals surface area contributed by atoms with E-state index in [1.165, 1.54) is 12.1 Å². The molecule has 0 saturated heterocycles. The number of halogens is 3. The molecule has 0 amide bonds. The highest BCUT2D eigenvalue weighted by atomic mass is 19.4. The zero-order valence-corrected chi connectivity index (χ0v) is 8.76. The highest BCUT2D eigenvalue weighted by Crippen LogP contribution is 2.31. The van der Waals surface area contributed by atoms with Gasteiger partial charge in [0.05, 0.1) is 18.8 Å². The van der Waals surface area contributed by atoms with Crippen molar-refractivity contribution in [2.24, 2.45) is 5.73 Å². The van der Waals surface area contributed by atoms with Crippen LogP contribution in [0, 0.1) is 0 Å². The highest BCUT2D eigenvalue weighted by molar-refractivity contribution is 5.29. The normalized spacial score (nSPS) is 11.8. The average molecular weight is 233 g/mol. The van der Waals surface area contributed by atoms with Gasteiger partial charge in [-0.1, -0.05) is 18.2 Å². The highest BCUT2D eigenvalue weighted by Gasteiger charge is 2.32. The van der Waals surface area contributed by atoms with Gasteiger partial charge in [0.2, 0.25) is 0 Å². The smallest absolute Gasteiger partial charge is 0.380 e.